The Kier molecular flexibility index (Phi) is 6.18. The Bertz CT molecular complexity index is 1160. The third kappa shape index (κ3) is 4.86. The number of carbonyl (C=O) groups excluding carboxylic acids is 1. The fraction of sp³-hybridized carbons (Fsp3) is 0.0526. The normalized spacial score (nSPS) is 10.8. The van der Waals surface area contributed by atoms with Crippen LogP contribution in [0.25, 0.3) is 11.3 Å². The maximum absolute atomic E-state index is 12.0. The second-order valence-corrected chi connectivity index (χ2v) is 6.39. The van der Waals surface area contributed by atoms with Crippen molar-refractivity contribution in [2.24, 2.45) is 5.10 Å². The minimum Gasteiger partial charge on any atom is -0.455 e. The van der Waals surface area contributed by atoms with Gasteiger partial charge in [0.05, 0.1) is 27.5 Å². The number of hydrogen-bond acceptors (Lipinski definition) is 7. The third-order valence-electron chi connectivity index (χ3n) is 3.97. The largest absolute Gasteiger partial charge is 0.455 e. The zero-order valence-electron chi connectivity index (χ0n) is 15.1. The molecule has 3 aromatic rings. The molecule has 0 unspecified atom stereocenters. The molecular formula is C19H13ClN4O6. The van der Waals surface area contributed by atoms with Gasteiger partial charge in [-0.3, -0.25) is 25.0 Å². The number of nitro benzene ring substituents is 2. The molecule has 0 spiro atoms. The first-order valence-corrected chi connectivity index (χ1v) is 8.81. The molecule has 10 nitrogen and oxygen atoms in total. The topological polar surface area (TPSA) is 141 Å². The summed E-state index contributed by atoms with van der Waals surface area (Å²) in [7, 11) is 0. The summed E-state index contributed by atoms with van der Waals surface area (Å²) in [6, 6.07) is 13.0. The van der Waals surface area contributed by atoms with Gasteiger partial charge in [0.1, 0.15) is 11.5 Å². The van der Waals surface area contributed by atoms with Gasteiger partial charge >= 0.3 is 0 Å². The van der Waals surface area contributed by atoms with Crippen molar-refractivity contribution in [1.82, 2.24) is 5.43 Å². The molecule has 0 saturated carbocycles. The van der Waals surface area contributed by atoms with E-state index in [1.54, 1.807) is 18.2 Å². The molecule has 1 N–H and O–H groups in total. The Morgan fingerprint density at radius 2 is 1.87 bits per heavy atom. The van der Waals surface area contributed by atoms with E-state index in [1.165, 1.54) is 42.6 Å². The fourth-order valence-corrected chi connectivity index (χ4v) is 2.81. The first-order valence-electron chi connectivity index (χ1n) is 8.43. The molecule has 0 aliphatic rings. The summed E-state index contributed by atoms with van der Waals surface area (Å²) in [5.41, 5.74) is 2.57. The van der Waals surface area contributed by atoms with Crippen molar-refractivity contribution in [2.75, 3.05) is 0 Å². The predicted octanol–water partition coefficient (Wildman–Crippen LogP) is 4.11. The number of nitro groups is 2. The van der Waals surface area contributed by atoms with E-state index in [2.05, 4.69) is 10.5 Å². The first kappa shape index (κ1) is 20.7. The Balaban J connectivity index is 1.67. The van der Waals surface area contributed by atoms with Gasteiger partial charge in [-0.1, -0.05) is 29.8 Å². The standard InChI is InChI=1S/C19H13ClN4O6/c20-16-7-5-13(23(26)27)10-15(16)18-8-6-14(30-18)11-21-22-19(25)9-12-3-1-2-4-17(12)24(28)29/h1-8,10-11H,9H2,(H,22,25)/b21-11+. The molecule has 1 aromatic heterocycles. The van der Waals surface area contributed by atoms with E-state index in [4.69, 9.17) is 16.0 Å². The summed E-state index contributed by atoms with van der Waals surface area (Å²) in [5.74, 6) is 0.00371. The minimum atomic E-state index is -0.560. The maximum atomic E-state index is 12.0. The van der Waals surface area contributed by atoms with Crippen molar-refractivity contribution in [3.05, 3.63) is 91.2 Å². The highest BCUT2D eigenvalue weighted by Gasteiger charge is 2.16. The number of para-hydroxylation sites is 1. The number of halogens is 1. The molecule has 30 heavy (non-hydrogen) atoms. The number of nitrogens with zero attached hydrogens (tertiary/aromatic N) is 3. The van der Waals surface area contributed by atoms with Crippen LogP contribution in [0.5, 0.6) is 0 Å². The van der Waals surface area contributed by atoms with Crippen LogP contribution in [-0.2, 0) is 11.2 Å². The van der Waals surface area contributed by atoms with E-state index in [9.17, 15) is 25.0 Å². The van der Waals surface area contributed by atoms with Gasteiger partial charge in [0.15, 0.2) is 0 Å². The van der Waals surface area contributed by atoms with Crippen molar-refractivity contribution in [1.29, 1.82) is 0 Å². The molecular weight excluding hydrogens is 416 g/mol. The van der Waals surface area contributed by atoms with Crippen LogP contribution in [-0.4, -0.2) is 22.0 Å². The molecule has 11 heteroatoms. The molecule has 1 amide bonds. The summed E-state index contributed by atoms with van der Waals surface area (Å²) in [6.07, 6.45) is 1.01. The Labute approximate surface area is 174 Å². The summed E-state index contributed by atoms with van der Waals surface area (Å²) in [5, 5.41) is 25.9. The molecule has 1 heterocycles. The summed E-state index contributed by atoms with van der Waals surface area (Å²) in [4.78, 5) is 32.8. The van der Waals surface area contributed by atoms with Crippen LogP contribution >= 0.6 is 11.6 Å². The van der Waals surface area contributed by atoms with Gasteiger partial charge in [0, 0.05) is 29.3 Å². The number of amides is 1. The molecule has 0 fully saturated rings. The van der Waals surface area contributed by atoms with Gasteiger partial charge in [-0.15, -0.1) is 0 Å². The van der Waals surface area contributed by atoms with Crippen molar-refractivity contribution in [3.8, 4) is 11.3 Å². The zero-order valence-corrected chi connectivity index (χ0v) is 15.9. The maximum Gasteiger partial charge on any atom is 0.273 e. The van der Waals surface area contributed by atoms with Gasteiger partial charge in [-0.2, -0.15) is 5.10 Å². The van der Waals surface area contributed by atoms with Crippen LogP contribution in [0.3, 0.4) is 0 Å². The number of benzene rings is 2. The van der Waals surface area contributed by atoms with Gasteiger partial charge in [-0.05, 0) is 18.2 Å². The number of nitrogens with one attached hydrogen (secondary N) is 1. The van der Waals surface area contributed by atoms with Crippen LogP contribution in [0.1, 0.15) is 11.3 Å². The summed E-state index contributed by atoms with van der Waals surface area (Å²) >= 11 is 6.08. The van der Waals surface area contributed by atoms with Gasteiger partial charge in [0.25, 0.3) is 11.4 Å². The number of hydrazone groups is 1. The van der Waals surface area contributed by atoms with Crippen molar-refractivity contribution in [2.45, 2.75) is 6.42 Å². The molecule has 152 valence electrons. The molecule has 3 rings (SSSR count). The van der Waals surface area contributed by atoms with E-state index >= 15 is 0 Å². The van der Waals surface area contributed by atoms with Crippen LogP contribution in [0.2, 0.25) is 5.02 Å². The van der Waals surface area contributed by atoms with E-state index < -0.39 is 15.8 Å². The number of carbonyl (C=O) groups is 1. The lowest BCUT2D eigenvalue weighted by atomic mass is 10.1. The average Bonchev–Trinajstić information content (AvgIpc) is 3.17. The summed E-state index contributed by atoms with van der Waals surface area (Å²) < 4.78 is 5.54. The molecule has 2 aromatic carbocycles. The van der Waals surface area contributed by atoms with Crippen molar-refractivity contribution in [3.63, 3.8) is 0 Å². The summed E-state index contributed by atoms with van der Waals surface area (Å²) in [6.45, 7) is 0. The predicted molar refractivity (Wildman–Crippen MR) is 108 cm³/mol. The second-order valence-electron chi connectivity index (χ2n) is 5.98. The second kappa shape index (κ2) is 8.97. The van der Waals surface area contributed by atoms with Gasteiger partial charge < -0.3 is 4.42 Å². The highest BCUT2D eigenvalue weighted by Crippen LogP contribution is 2.32. The molecule has 0 aliphatic carbocycles. The van der Waals surface area contributed by atoms with E-state index in [-0.39, 0.29) is 39.9 Å². The SMILES string of the molecule is O=C(Cc1ccccc1[N+](=O)[O-])N/N=C/c1ccc(-c2cc([N+](=O)[O-])ccc2Cl)o1. The third-order valence-corrected chi connectivity index (χ3v) is 4.30. The van der Waals surface area contributed by atoms with E-state index in [1.807, 2.05) is 0 Å². The fourth-order valence-electron chi connectivity index (χ4n) is 2.60. The van der Waals surface area contributed by atoms with Crippen molar-refractivity contribution >= 4 is 35.1 Å². The lowest BCUT2D eigenvalue weighted by Crippen LogP contribution is -2.20. The Morgan fingerprint density at radius 3 is 2.60 bits per heavy atom. The van der Waals surface area contributed by atoms with Crippen LogP contribution in [0, 0.1) is 20.2 Å². The minimum absolute atomic E-state index is 0.136. The molecule has 0 aliphatic heterocycles. The van der Waals surface area contributed by atoms with Crippen LogP contribution < -0.4 is 5.43 Å². The lowest BCUT2D eigenvalue weighted by Gasteiger charge is -2.01. The molecule has 0 bridgehead atoms. The number of hydrogen-bond donors (Lipinski definition) is 1. The highest BCUT2D eigenvalue weighted by molar-refractivity contribution is 6.33. The van der Waals surface area contributed by atoms with Crippen LogP contribution in [0.4, 0.5) is 11.4 Å². The number of rotatable bonds is 7. The van der Waals surface area contributed by atoms with Gasteiger partial charge in [0.2, 0.25) is 5.91 Å². The molecule has 0 atom stereocenters. The van der Waals surface area contributed by atoms with Gasteiger partial charge in [-0.25, -0.2) is 5.43 Å². The smallest absolute Gasteiger partial charge is 0.273 e. The molecule has 0 saturated heterocycles. The Hall–Kier alpha value is -4.05. The lowest BCUT2D eigenvalue weighted by molar-refractivity contribution is -0.385. The number of non-ortho nitro benzene ring substituents is 1. The average molecular weight is 429 g/mol. The van der Waals surface area contributed by atoms with E-state index in [0.717, 1.165) is 0 Å². The van der Waals surface area contributed by atoms with Crippen LogP contribution in [0.15, 0.2) is 64.1 Å². The van der Waals surface area contributed by atoms with Crippen molar-refractivity contribution < 1.29 is 19.1 Å². The van der Waals surface area contributed by atoms with E-state index in [0.29, 0.717) is 5.56 Å². The quantitative estimate of drug-likeness (QED) is 0.341. The highest BCUT2D eigenvalue weighted by atomic mass is 35.5. The Morgan fingerprint density at radius 1 is 1.10 bits per heavy atom. The number of furan rings is 1. The first-order chi connectivity index (χ1) is 14.3. The monoisotopic (exact) mass is 428 g/mol. The zero-order chi connectivity index (χ0) is 21.7. The molecule has 0 radical (unpaired) electrons.